The third-order valence-corrected chi connectivity index (χ3v) is 4.67. The van der Waals surface area contributed by atoms with E-state index in [0.717, 1.165) is 3.57 Å². The first kappa shape index (κ1) is 20.4. The van der Waals surface area contributed by atoms with Crippen LogP contribution in [0.1, 0.15) is 5.56 Å². The Morgan fingerprint density at radius 1 is 1.23 bits per heavy atom. The SMILES string of the molecule is COc1cc(/C=C(/C#N)C(=O)Nc2cc(Cl)ccc2Cl)cc(I)c1OC. The molecule has 0 aromatic heterocycles. The van der Waals surface area contributed by atoms with Gasteiger partial charge in [0, 0.05) is 5.02 Å². The van der Waals surface area contributed by atoms with Crippen LogP contribution >= 0.6 is 45.8 Å². The summed E-state index contributed by atoms with van der Waals surface area (Å²) in [7, 11) is 3.05. The number of hydrogen-bond acceptors (Lipinski definition) is 4. The van der Waals surface area contributed by atoms with E-state index in [1.54, 1.807) is 31.4 Å². The molecule has 0 radical (unpaired) electrons. The highest BCUT2D eigenvalue weighted by Crippen LogP contribution is 2.34. The van der Waals surface area contributed by atoms with Gasteiger partial charge >= 0.3 is 0 Å². The zero-order chi connectivity index (χ0) is 19.3. The van der Waals surface area contributed by atoms with Crippen LogP contribution in [-0.2, 0) is 4.79 Å². The molecule has 26 heavy (non-hydrogen) atoms. The molecule has 2 aromatic rings. The Morgan fingerprint density at radius 2 is 1.96 bits per heavy atom. The average molecular weight is 503 g/mol. The van der Waals surface area contributed by atoms with E-state index in [4.69, 9.17) is 32.7 Å². The number of hydrogen-bond donors (Lipinski definition) is 1. The van der Waals surface area contributed by atoms with Crippen molar-refractivity contribution in [2.75, 3.05) is 19.5 Å². The number of carbonyl (C=O) groups excluding carboxylic acids is 1. The minimum atomic E-state index is -0.596. The molecule has 0 heterocycles. The first-order chi connectivity index (χ1) is 12.4. The summed E-state index contributed by atoms with van der Waals surface area (Å²) in [5.41, 5.74) is 0.854. The number of rotatable bonds is 5. The van der Waals surface area contributed by atoms with Gasteiger partial charge in [0.15, 0.2) is 11.5 Å². The second kappa shape index (κ2) is 9.12. The molecule has 0 bridgehead atoms. The van der Waals surface area contributed by atoms with E-state index < -0.39 is 5.91 Å². The van der Waals surface area contributed by atoms with Gasteiger partial charge in [0.25, 0.3) is 5.91 Å². The molecule has 2 rings (SSSR count). The first-order valence-corrected chi connectivity index (χ1v) is 9.02. The van der Waals surface area contributed by atoms with Gasteiger partial charge in [0.2, 0.25) is 0 Å². The molecule has 0 unspecified atom stereocenters. The number of nitrogens with zero attached hydrogens (tertiary/aromatic N) is 1. The van der Waals surface area contributed by atoms with Crippen molar-refractivity contribution in [3.63, 3.8) is 0 Å². The number of ether oxygens (including phenoxy) is 2. The normalized spacial score (nSPS) is 10.8. The summed E-state index contributed by atoms with van der Waals surface area (Å²) >= 11 is 14.0. The predicted octanol–water partition coefficient (Wildman–Crippen LogP) is 5.16. The van der Waals surface area contributed by atoms with Gasteiger partial charge in [-0.1, -0.05) is 23.2 Å². The fourth-order valence-electron chi connectivity index (χ4n) is 2.12. The van der Waals surface area contributed by atoms with Gasteiger partial charge in [-0.05, 0) is 64.6 Å². The van der Waals surface area contributed by atoms with E-state index in [1.807, 2.05) is 6.07 Å². The molecule has 0 saturated heterocycles. The summed E-state index contributed by atoms with van der Waals surface area (Å²) in [4.78, 5) is 12.4. The van der Waals surface area contributed by atoms with Crippen molar-refractivity contribution in [2.45, 2.75) is 0 Å². The molecule has 0 saturated carbocycles. The summed E-state index contributed by atoms with van der Waals surface area (Å²) in [5, 5.41) is 12.7. The van der Waals surface area contributed by atoms with E-state index in [1.165, 1.54) is 19.3 Å². The van der Waals surface area contributed by atoms with Crippen molar-refractivity contribution in [1.29, 1.82) is 5.26 Å². The number of nitrogens with one attached hydrogen (secondary N) is 1. The second-order valence-corrected chi connectivity index (χ2v) is 6.99. The van der Waals surface area contributed by atoms with Crippen LogP contribution in [0.3, 0.4) is 0 Å². The average Bonchev–Trinajstić information content (AvgIpc) is 2.62. The zero-order valence-electron chi connectivity index (χ0n) is 13.8. The second-order valence-electron chi connectivity index (χ2n) is 4.99. The van der Waals surface area contributed by atoms with Gasteiger partial charge in [-0.15, -0.1) is 0 Å². The molecule has 2 aromatic carbocycles. The van der Waals surface area contributed by atoms with Crippen LogP contribution in [0.15, 0.2) is 35.9 Å². The van der Waals surface area contributed by atoms with E-state index in [0.29, 0.717) is 32.8 Å². The number of anilines is 1. The van der Waals surface area contributed by atoms with E-state index in [9.17, 15) is 10.1 Å². The third kappa shape index (κ3) is 4.81. The zero-order valence-corrected chi connectivity index (χ0v) is 17.4. The summed E-state index contributed by atoms with van der Waals surface area (Å²) in [6.45, 7) is 0. The molecule has 1 amide bonds. The van der Waals surface area contributed by atoms with Crippen molar-refractivity contribution in [3.8, 4) is 17.6 Å². The Bertz CT molecular complexity index is 923. The van der Waals surface area contributed by atoms with Crippen molar-refractivity contribution < 1.29 is 14.3 Å². The molecule has 0 aliphatic heterocycles. The lowest BCUT2D eigenvalue weighted by atomic mass is 10.1. The molecule has 134 valence electrons. The predicted molar refractivity (Wildman–Crippen MR) is 111 cm³/mol. The Labute approximate surface area is 174 Å². The third-order valence-electron chi connectivity index (χ3n) is 3.31. The maximum atomic E-state index is 12.4. The van der Waals surface area contributed by atoms with Crippen molar-refractivity contribution in [2.24, 2.45) is 0 Å². The number of amides is 1. The van der Waals surface area contributed by atoms with Gasteiger partial charge in [-0.3, -0.25) is 4.79 Å². The first-order valence-electron chi connectivity index (χ1n) is 7.19. The molecule has 0 atom stereocenters. The van der Waals surface area contributed by atoms with Gasteiger partial charge < -0.3 is 14.8 Å². The minimum Gasteiger partial charge on any atom is -0.493 e. The van der Waals surface area contributed by atoms with Crippen LogP contribution in [-0.4, -0.2) is 20.1 Å². The number of methoxy groups -OCH3 is 2. The van der Waals surface area contributed by atoms with Crippen molar-refractivity contribution >= 4 is 63.5 Å². The van der Waals surface area contributed by atoms with E-state index in [-0.39, 0.29) is 5.57 Å². The lowest BCUT2D eigenvalue weighted by molar-refractivity contribution is -0.112. The Kier molecular flexibility index (Phi) is 7.14. The van der Waals surface area contributed by atoms with Crippen LogP contribution in [0.4, 0.5) is 5.69 Å². The van der Waals surface area contributed by atoms with Gasteiger partial charge in [0.1, 0.15) is 11.6 Å². The lowest BCUT2D eigenvalue weighted by Crippen LogP contribution is -2.13. The van der Waals surface area contributed by atoms with E-state index in [2.05, 4.69) is 27.9 Å². The molecular weight excluding hydrogens is 490 g/mol. The van der Waals surface area contributed by atoms with Gasteiger partial charge in [-0.2, -0.15) is 5.26 Å². The van der Waals surface area contributed by atoms with E-state index >= 15 is 0 Å². The summed E-state index contributed by atoms with van der Waals surface area (Å²) in [6.07, 6.45) is 1.46. The molecule has 0 fully saturated rings. The summed E-state index contributed by atoms with van der Waals surface area (Å²) in [5.74, 6) is 0.488. The fraction of sp³-hybridized carbons (Fsp3) is 0.111. The maximum Gasteiger partial charge on any atom is 0.266 e. The topological polar surface area (TPSA) is 71.3 Å². The van der Waals surface area contributed by atoms with Crippen LogP contribution < -0.4 is 14.8 Å². The summed E-state index contributed by atoms with van der Waals surface area (Å²) in [6, 6.07) is 10.0. The highest BCUT2D eigenvalue weighted by atomic mass is 127. The van der Waals surface area contributed by atoms with Crippen LogP contribution in [0.25, 0.3) is 6.08 Å². The smallest absolute Gasteiger partial charge is 0.266 e. The maximum absolute atomic E-state index is 12.4. The van der Waals surface area contributed by atoms with Crippen LogP contribution in [0.5, 0.6) is 11.5 Å². The molecule has 0 spiro atoms. The monoisotopic (exact) mass is 502 g/mol. The Balaban J connectivity index is 2.36. The molecule has 1 N–H and O–H groups in total. The van der Waals surface area contributed by atoms with Crippen molar-refractivity contribution in [1.82, 2.24) is 0 Å². The summed E-state index contributed by atoms with van der Waals surface area (Å²) < 4.78 is 11.3. The molecule has 5 nitrogen and oxygen atoms in total. The fourth-order valence-corrected chi connectivity index (χ4v) is 3.30. The Hall–Kier alpha value is -1.95. The quantitative estimate of drug-likeness (QED) is 0.348. The van der Waals surface area contributed by atoms with Gasteiger partial charge in [-0.25, -0.2) is 0 Å². The highest BCUT2D eigenvalue weighted by molar-refractivity contribution is 14.1. The molecule has 8 heteroatoms. The highest BCUT2D eigenvalue weighted by Gasteiger charge is 2.14. The number of nitriles is 1. The lowest BCUT2D eigenvalue weighted by Gasteiger charge is -2.11. The molecular formula is C18H13Cl2IN2O3. The number of carbonyl (C=O) groups is 1. The minimum absolute atomic E-state index is 0.0935. The number of halogens is 3. The van der Waals surface area contributed by atoms with Crippen LogP contribution in [0, 0.1) is 14.9 Å². The van der Waals surface area contributed by atoms with Crippen LogP contribution in [0.2, 0.25) is 10.0 Å². The Morgan fingerprint density at radius 3 is 2.58 bits per heavy atom. The molecule has 0 aliphatic rings. The molecule has 0 aliphatic carbocycles. The van der Waals surface area contributed by atoms with Crippen molar-refractivity contribution in [3.05, 3.63) is 55.1 Å². The largest absolute Gasteiger partial charge is 0.493 e. The van der Waals surface area contributed by atoms with Gasteiger partial charge in [0.05, 0.1) is 28.5 Å². The number of benzene rings is 2. The standard InChI is InChI=1S/C18H13Cl2IN2O3/c1-25-16-7-10(6-14(21)17(16)26-2)5-11(9-22)18(24)23-15-8-12(19)3-4-13(15)20/h3-8H,1-2H3,(H,23,24)/b11-5-.